The zero-order valence-corrected chi connectivity index (χ0v) is 20.6. The molecule has 0 spiro atoms. The van der Waals surface area contributed by atoms with E-state index in [0.29, 0.717) is 29.6 Å². The molecule has 9 nitrogen and oxygen atoms in total. The third kappa shape index (κ3) is 5.13. The maximum absolute atomic E-state index is 12.6. The smallest absolute Gasteiger partial charge is 0.337 e. The Morgan fingerprint density at radius 2 is 1.89 bits per heavy atom. The van der Waals surface area contributed by atoms with E-state index >= 15 is 0 Å². The van der Waals surface area contributed by atoms with Crippen molar-refractivity contribution in [1.82, 2.24) is 19.3 Å². The lowest BCUT2D eigenvalue weighted by Gasteiger charge is -2.12. The number of nitrogens with one attached hydrogen (secondary N) is 1. The van der Waals surface area contributed by atoms with E-state index in [-0.39, 0.29) is 17.3 Å². The van der Waals surface area contributed by atoms with Crippen molar-refractivity contribution in [2.75, 3.05) is 19.4 Å². The first-order chi connectivity index (χ1) is 16.9. The molecule has 184 valence electrons. The number of nitrogen functional groups attached to an aromatic ring is 1. The first-order valence-electron chi connectivity index (χ1n) is 11.6. The highest BCUT2D eigenvalue weighted by Gasteiger charge is 2.19. The van der Waals surface area contributed by atoms with Gasteiger partial charge >= 0.3 is 5.97 Å². The summed E-state index contributed by atoms with van der Waals surface area (Å²) in [6.45, 7) is 2.93. The first kappa shape index (κ1) is 24.6. The van der Waals surface area contributed by atoms with Crippen molar-refractivity contribution in [2.24, 2.45) is 0 Å². The maximum Gasteiger partial charge on any atom is 0.337 e. The summed E-state index contributed by atoms with van der Waals surface area (Å²) in [5.74, 6) is 0.719. The second-order valence-corrected chi connectivity index (χ2v) is 10.0. The van der Waals surface area contributed by atoms with Crippen LogP contribution in [0, 0.1) is 0 Å². The molecule has 2 heterocycles. The molecule has 0 aliphatic carbocycles. The number of benzene rings is 2. The van der Waals surface area contributed by atoms with Crippen LogP contribution in [-0.4, -0.2) is 42.6 Å². The topological polar surface area (TPSA) is 129 Å². The van der Waals surface area contributed by atoms with Crippen LogP contribution >= 0.6 is 0 Å². The zero-order chi connectivity index (χ0) is 25.0. The van der Waals surface area contributed by atoms with Gasteiger partial charge in [0.1, 0.15) is 11.3 Å². The van der Waals surface area contributed by atoms with Crippen LogP contribution in [0.15, 0.2) is 53.4 Å². The number of aryl methyl sites for hydroxylation is 2. The Kier molecular flexibility index (Phi) is 7.32. The molecule has 0 atom stereocenters. The van der Waals surface area contributed by atoms with Crippen LogP contribution in [0.4, 0.5) is 5.82 Å². The van der Waals surface area contributed by atoms with Gasteiger partial charge in [0.2, 0.25) is 10.0 Å². The second kappa shape index (κ2) is 10.4. The quantitative estimate of drug-likeness (QED) is 0.254. The Morgan fingerprint density at radius 3 is 2.60 bits per heavy atom. The Hall–Kier alpha value is -3.50. The van der Waals surface area contributed by atoms with Crippen molar-refractivity contribution in [1.29, 1.82) is 0 Å². The number of methoxy groups -OCH3 is 1. The fourth-order valence-electron chi connectivity index (χ4n) is 4.10. The van der Waals surface area contributed by atoms with Crippen LogP contribution < -0.4 is 10.5 Å². The van der Waals surface area contributed by atoms with Gasteiger partial charge < -0.3 is 15.0 Å². The summed E-state index contributed by atoms with van der Waals surface area (Å²) in [7, 11) is -2.24. The lowest BCUT2D eigenvalue weighted by atomic mass is 10.1. The Bertz CT molecular complexity index is 1470. The molecule has 0 unspecified atom stereocenters. The molecular weight excluding hydrogens is 466 g/mol. The number of ether oxygens (including phenoxy) is 1. The summed E-state index contributed by atoms with van der Waals surface area (Å²) in [5, 5.41) is 0.821. The molecule has 0 radical (unpaired) electrons. The summed E-state index contributed by atoms with van der Waals surface area (Å²) in [6, 6.07) is 13.5. The highest BCUT2D eigenvalue weighted by Crippen LogP contribution is 2.30. The normalized spacial score (nSPS) is 11.8. The van der Waals surface area contributed by atoms with Gasteiger partial charge in [0.15, 0.2) is 5.82 Å². The van der Waals surface area contributed by atoms with E-state index < -0.39 is 16.0 Å². The summed E-state index contributed by atoms with van der Waals surface area (Å²) in [4.78, 5) is 21.5. The van der Waals surface area contributed by atoms with Crippen molar-refractivity contribution in [3.8, 4) is 0 Å². The van der Waals surface area contributed by atoms with Crippen LogP contribution in [0.3, 0.4) is 0 Å². The van der Waals surface area contributed by atoms with E-state index in [0.717, 1.165) is 36.0 Å². The van der Waals surface area contributed by atoms with E-state index in [4.69, 9.17) is 15.5 Å². The lowest BCUT2D eigenvalue weighted by molar-refractivity contribution is 0.0601. The molecule has 0 aliphatic heterocycles. The summed E-state index contributed by atoms with van der Waals surface area (Å²) in [6.07, 6.45) is 3.29. The number of esters is 1. The Morgan fingerprint density at radius 1 is 1.11 bits per heavy atom. The molecule has 10 heteroatoms. The number of aromatic nitrogens is 3. The van der Waals surface area contributed by atoms with Gasteiger partial charge in [-0.2, -0.15) is 0 Å². The van der Waals surface area contributed by atoms with E-state index in [1.165, 1.54) is 7.11 Å². The van der Waals surface area contributed by atoms with Crippen LogP contribution in [0.5, 0.6) is 0 Å². The number of hydrogen-bond donors (Lipinski definition) is 2. The number of imidazole rings is 1. The predicted molar refractivity (Wildman–Crippen MR) is 136 cm³/mol. The molecule has 0 bridgehead atoms. The van der Waals surface area contributed by atoms with E-state index in [1.54, 1.807) is 42.5 Å². The number of carbonyl (C=O) groups excluding carboxylic acids is 1. The number of anilines is 1. The highest BCUT2D eigenvalue weighted by atomic mass is 32.2. The molecule has 4 rings (SSSR count). The molecule has 4 aromatic rings. The monoisotopic (exact) mass is 495 g/mol. The van der Waals surface area contributed by atoms with Gasteiger partial charge in [-0.1, -0.05) is 31.5 Å². The van der Waals surface area contributed by atoms with Crippen molar-refractivity contribution < 1.29 is 17.9 Å². The van der Waals surface area contributed by atoms with Gasteiger partial charge in [-0.05, 0) is 43.2 Å². The van der Waals surface area contributed by atoms with Gasteiger partial charge in [-0.15, -0.1) is 0 Å². The molecule has 35 heavy (non-hydrogen) atoms. The molecule has 2 aromatic heterocycles. The minimum atomic E-state index is -3.57. The minimum absolute atomic E-state index is 0.239. The fraction of sp³-hybridized carbons (Fsp3) is 0.320. The van der Waals surface area contributed by atoms with E-state index in [9.17, 15) is 13.2 Å². The molecular formula is C25H29N5O4S. The number of pyridine rings is 1. The van der Waals surface area contributed by atoms with Crippen LogP contribution in [0.1, 0.15) is 42.4 Å². The van der Waals surface area contributed by atoms with E-state index in [2.05, 4.69) is 21.2 Å². The summed E-state index contributed by atoms with van der Waals surface area (Å²) in [5.41, 5.74) is 8.68. The summed E-state index contributed by atoms with van der Waals surface area (Å²) < 4.78 is 34.7. The van der Waals surface area contributed by atoms with Gasteiger partial charge in [0.25, 0.3) is 0 Å². The summed E-state index contributed by atoms with van der Waals surface area (Å²) >= 11 is 0. The first-order valence-corrected chi connectivity index (χ1v) is 13.1. The predicted octanol–water partition coefficient (Wildman–Crippen LogP) is 3.66. The van der Waals surface area contributed by atoms with Crippen molar-refractivity contribution in [3.63, 3.8) is 0 Å². The van der Waals surface area contributed by atoms with Crippen LogP contribution in [0.25, 0.3) is 21.9 Å². The van der Waals surface area contributed by atoms with Gasteiger partial charge in [-0.3, -0.25) is 0 Å². The largest absolute Gasteiger partial charge is 0.465 e. The number of rotatable bonds is 10. The third-order valence-corrected chi connectivity index (χ3v) is 7.34. The van der Waals surface area contributed by atoms with E-state index in [1.807, 2.05) is 6.07 Å². The standard InChI is InChI=1S/C25H29N5O4S/c1-3-4-11-21-29-22-23(19-13-12-17(25(31)34-2)16-20(19)28-24(22)26)30(21)15-8-14-27-35(32,33)18-9-6-5-7-10-18/h5-7,9-10,12-13,16,27H,3-4,8,11,14-15H2,1-2H3,(H2,26,28). The number of nitrogens with zero attached hydrogens (tertiary/aromatic N) is 3. The van der Waals surface area contributed by atoms with Crippen molar-refractivity contribution in [2.45, 2.75) is 44.0 Å². The molecule has 0 saturated heterocycles. The average Bonchev–Trinajstić information content (AvgIpc) is 3.24. The molecule has 0 fully saturated rings. The molecule has 2 aromatic carbocycles. The van der Waals surface area contributed by atoms with Crippen molar-refractivity contribution >= 4 is 43.7 Å². The number of unbranched alkanes of at least 4 members (excludes halogenated alkanes) is 1. The van der Waals surface area contributed by atoms with Crippen LogP contribution in [0.2, 0.25) is 0 Å². The Labute approximate surface area is 204 Å². The zero-order valence-electron chi connectivity index (χ0n) is 19.8. The average molecular weight is 496 g/mol. The number of hydrogen-bond acceptors (Lipinski definition) is 7. The fourth-order valence-corrected chi connectivity index (χ4v) is 5.19. The minimum Gasteiger partial charge on any atom is -0.465 e. The van der Waals surface area contributed by atoms with Crippen molar-refractivity contribution in [3.05, 3.63) is 59.9 Å². The van der Waals surface area contributed by atoms with Gasteiger partial charge in [-0.25, -0.2) is 27.9 Å². The molecule has 3 N–H and O–H groups in total. The second-order valence-electron chi connectivity index (χ2n) is 8.27. The SMILES string of the molecule is CCCCc1nc2c(N)nc3cc(C(=O)OC)ccc3c2n1CCCNS(=O)(=O)c1ccccc1. The number of carbonyl (C=O) groups is 1. The lowest BCUT2D eigenvalue weighted by Crippen LogP contribution is -2.25. The molecule has 0 aliphatic rings. The maximum atomic E-state index is 12.6. The molecule has 0 saturated carbocycles. The van der Waals surface area contributed by atoms with Crippen LogP contribution in [-0.2, 0) is 27.7 Å². The number of fused-ring (bicyclic) bond motifs is 3. The van der Waals surface area contributed by atoms with Gasteiger partial charge in [0.05, 0.1) is 28.6 Å². The van der Waals surface area contributed by atoms with Gasteiger partial charge in [0, 0.05) is 24.9 Å². The Balaban J connectivity index is 1.67. The number of nitrogens with two attached hydrogens (primary N) is 1. The molecule has 0 amide bonds. The number of sulfonamides is 1. The highest BCUT2D eigenvalue weighted by molar-refractivity contribution is 7.89. The third-order valence-electron chi connectivity index (χ3n) is 5.86.